The van der Waals surface area contributed by atoms with Crippen LogP contribution in [-0.4, -0.2) is 10.5 Å². The Morgan fingerprint density at radius 3 is 2.83 bits per heavy atom. The molecule has 0 fully saturated rings. The van der Waals surface area contributed by atoms with Crippen LogP contribution >= 0.6 is 0 Å². The number of aromatic amines is 1. The lowest BCUT2D eigenvalue weighted by Gasteiger charge is -1.88. The Labute approximate surface area is 69.6 Å². The van der Waals surface area contributed by atoms with E-state index in [0.717, 1.165) is 10.9 Å². The topological polar surface area (TPSA) is 71.1 Å². The van der Waals surface area contributed by atoms with Crippen LogP contribution in [0.4, 0.5) is 0 Å². The second-order valence-corrected chi connectivity index (χ2v) is 2.39. The van der Waals surface area contributed by atoms with Crippen molar-refractivity contribution < 1.29 is 5.48 Å². The third-order valence-corrected chi connectivity index (χ3v) is 1.68. The van der Waals surface area contributed by atoms with Gasteiger partial charge in [-0.3, -0.25) is 0 Å². The van der Waals surface area contributed by atoms with Gasteiger partial charge in [0.25, 0.3) is 0 Å². The minimum absolute atomic E-state index is 0. The van der Waals surface area contributed by atoms with Crippen LogP contribution in [0.25, 0.3) is 10.9 Å². The molecule has 0 saturated carbocycles. The van der Waals surface area contributed by atoms with E-state index in [4.69, 9.17) is 5.26 Å². The molecule has 0 atom stereocenters. The molecule has 0 aliphatic heterocycles. The summed E-state index contributed by atoms with van der Waals surface area (Å²) < 4.78 is 0. The van der Waals surface area contributed by atoms with Crippen molar-refractivity contribution in [2.45, 2.75) is 0 Å². The van der Waals surface area contributed by atoms with Crippen molar-refractivity contribution in [3.05, 3.63) is 36.0 Å². The third kappa shape index (κ3) is 1.16. The molecule has 0 aliphatic rings. The van der Waals surface area contributed by atoms with Gasteiger partial charge in [-0.1, -0.05) is 0 Å². The van der Waals surface area contributed by atoms with Gasteiger partial charge in [0.1, 0.15) is 0 Å². The summed E-state index contributed by atoms with van der Waals surface area (Å²) in [5.74, 6) is 0. The molecule has 2 rings (SSSR count). The Kier molecular flexibility index (Phi) is 2.13. The molecule has 0 spiro atoms. The summed E-state index contributed by atoms with van der Waals surface area (Å²) in [5, 5.41) is 9.66. The van der Waals surface area contributed by atoms with Crippen molar-refractivity contribution in [3.8, 4) is 6.07 Å². The Balaban J connectivity index is 0.000000720. The molecule has 3 N–H and O–H groups in total. The molecule has 0 saturated heterocycles. The van der Waals surface area contributed by atoms with Gasteiger partial charge in [-0.2, -0.15) is 5.26 Å². The van der Waals surface area contributed by atoms with Crippen LogP contribution in [0.5, 0.6) is 0 Å². The fourth-order valence-electron chi connectivity index (χ4n) is 1.12. The largest absolute Gasteiger partial charge is 0.412 e. The zero-order valence-corrected chi connectivity index (χ0v) is 6.33. The molecule has 2 aromatic rings. The predicted molar refractivity (Wildman–Crippen MR) is 46.6 cm³/mol. The van der Waals surface area contributed by atoms with Crippen LogP contribution in [0.2, 0.25) is 0 Å². The number of nitriles is 1. The van der Waals surface area contributed by atoms with E-state index in [0.29, 0.717) is 5.56 Å². The zero-order chi connectivity index (χ0) is 7.68. The van der Waals surface area contributed by atoms with E-state index < -0.39 is 0 Å². The number of hydrogen-bond donors (Lipinski definition) is 1. The highest BCUT2D eigenvalue weighted by atomic mass is 16.0. The van der Waals surface area contributed by atoms with E-state index in [1.807, 2.05) is 24.4 Å². The Morgan fingerprint density at radius 2 is 2.08 bits per heavy atom. The first-order chi connectivity index (χ1) is 5.40. The van der Waals surface area contributed by atoms with Gasteiger partial charge in [0, 0.05) is 17.1 Å². The molecule has 12 heavy (non-hydrogen) atoms. The van der Waals surface area contributed by atoms with Gasteiger partial charge in [0.15, 0.2) is 0 Å². The molecule has 0 bridgehead atoms. The van der Waals surface area contributed by atoms with Crippen molar-refractivity contribution in [1.82, 2.24) is 4.98 Å². The molecule has 0 radical (unpaired) electrons. The summed E-state index contributed by atoms with van der Waals surface area (Å²) in [6.07, 6.45) is 1.87. The lowest BCUT2D eigenvalue weighted by atomic mass is 10.2. The third-order valence-electron chi connectivity index (χ3n) is 1.68. The number of fused-ring (bicyclic) bond motifs is 1. The smallest absolute Gasteiger partial charge is 0.0991 e. The average molecular weight is 160 g/mol. The first-order valence-electron chi connectivity index (χ1n) is 3.37. The first-order valence-corrected chi connectivity index (χ1v) is 3.37. The van der Waals surface area contributed by atoms with Crippen LogP contribution in [0.1, 0.15) is 5.56 Å². The van der Waals surface area contributed by atoms with E-state index >= 15 is 0 Å². The highest BCUT2D eigenvalue weighted by Gasteiger charge is 1.94. The van der Waals surface area contributed by atoms with Gasteiger partial charge in [0.2, 0.25) is 0 Å². The van der Waals surface area contributed by atoms with Crippen LogP contribution in [0.15, 0.2) is 30.5 Å². The summed E-state index contributed by atoms with van der Waals surface area (Å²) in [5.41, 5.74) is 1.78. The number of hydrogen-bond acceptors (Lipinski definition) is 1. The molecule has 60 valence electrons. The van der Waals surface area contributed by atoms with Crippen molar-refractivity contribution >= 4 is 10.9 Å². The Hall–Kier alpha value is -1.79. The van der Waals surface area contributed by atoms with Gasteiger partial charge < -0.3 is 10.5 Å². The molecule has 3 nitrogen and oxygen atoms in total. The number of rotatable bonds is 0. The minimum Gasteiger partial charge on any atom is -0.412 e. The normalized spacial score (nSPS) is 8.92. The number of nitrogens with one attached hydrogen (secondary N) is 1. The number of aromatic nitrogens is 1. The quantitative estimate of drug-likeness (QED) is 0.618. The first kappa shape index (κ1) is 8.31. The Bertz CT molecular complexity index is 425. The molecule has 0 aliphatic carbocycles. The van der Waals surface area contributed by atoms with Crippen LogP contribution in [0.3, 0.4) is 0 Å². The van der Waals surface area contributed by atoms with Gasteiger partial charge in [-0.15, -0.1) is 0 Å². The highest BCUT2D eigenvalue weighted by molar-refractivity contribution is 5.80. The minimum atomic E-state index is 0. The number of benzene rings is 1. The average Bonchev–Trinajstić information content (AvgIpc) is 2.50. The maximum atomic E-state index is 8.57. The highest BCUT2D eigenvalue weighted by Crippen LogP contribution is 2.12. The molecule has 3 heteroatoms. The fourth-order valence-corrected chi connectivity index (χ4v) is 1.12. The second-order valence-electron chi connectivity index (χ2n) is 2.39. The summed E-state index contributed by atoms with van der Waals surface area (Å²) in [4.78, 5) is 3.06. The molecule has 1 heterocycles. The van der Waals surface area contributed by atoms with Crippen LogP contribution < -0.4 is 0 Å². The van der Waals surface area contributed by atoms with Gasteiger partial charge in [0.05, 0.1) is 11.6 Å². The molecule has 0 amide bonds. The molecule has 0 unspecified atom stereocenters. The van der Waals surface area contributed by atoms with E-state index in [-0.39, 0.29) is 5.48 Å². The number of H-pyrrole nitrogens is 1. The summed E-state index contributed by atoms with van der Waals surface area (Å²) in [6.45, 7) is 0. The maximum absolute atomic E-state index is 8.57. The predicted octanol–water partition coefficient (Wildman–Crippen LogP) is 1.21. The lowest BCUT2D eigenvalue weighted by Crippen LogP contribution is -1.71. The van der Waals surface area contributed by atoms with Crippen molar-refractivity contribution in [2.75, 3.05) is 0 Å². The van der Waals surface area contributed by atoms with Gasteiger partial charge in [-0.25, -0.2) is 0 Å². The van der Waals surface area contributed by atoms with Crippen molar-refractivity contribution in [2.24, 2.45) is 0 Å². The summed E-state index contributed by atoms with van der Waals surface area (Å²) >= 11 is 0. The van der Waals surface area contributed by atoms with Gasteiger partial charge >= 0.3 is 0 Å². The second kappa shape index (κ2) is 3.07. The molecule has 1 aromatic carbocycles. The van der Waals surface area contributed by atoms with E-state index in [1.54, 1.807) is 6.07 Å². The van der Waals surface area contributed by atoms with Crippen LogP contribution in [0, 0.1) is 11.3 Å². The maximum Gasteiger partial charge on any atom is 0.0991 e. The Morgan fingerprint density at radius 1 is 1.25 bits per heavy atom. The number of nitrogens with zero attached hydrogens (tertiary/aromatic N) is 1. The summed E-state index contributed by atoms with van der Waals surface area (Å²) in [7, 11) is 0. The van der Waals surface area contributed by atoms with E-state index in [1.165, 1.54) is 0 Å². The zero-order valence-electron chi connectivity index (χ0n) is 6.33. The standard InChI is InChI=1S/C9H6N2.H2O/c10-6-7-1-2-9-8(5-7)3-4-11-9;/h1-5,11H;1H2. The summed E-state index contributed by atoms with van der Waals surface area (Å²) in [6, 6.07) is 9.63. The lowest BCUT2D eigenvalue weighted by molar-refractivity contribution is 0.824. The van der Waals surface area contributed by atoms with Crippen molar-refractivity contribution in [1.29, 1.82) is 5.26 Å². The monoisotopic (exact) mass is 160 g/mol. The van der Waals surface area contributed by atoms with E-state index in [9.17, 15) is 0 Å². The van der Waals surface area contributed by atoms with Crippen LogP contribution in [-0.2, 0) is 0 Å². The van der Waals surface area contributed by atoms with Crippen molar-refractivity contribution in [3.63, 3.8) is 0 Å². The SMILES string of the molecule is N#Cc1ccc2[nH]ccc2c1.O. The van der Waals surface area contributed by atoms with Gasteiger partial charge in [-0.05, 0) is 24.3 Å². The van der Waals surface area contributed by atoms with E-state index in [2.05, 4.69) is 11.1 Å². The fraction of sp³-hybridized carbons (Fsp3) is 0. The molecular formula is C9H8N2O. The molecular weight excluding hydrogens is 152 g/mol. The molecule has 1 aromatic heterocycles.